The first-order valence-electron chi connectivity index (χ1n) is 6.97. The SMILES string of the molecule is CCC(CC)n1ccc(CC(O)Cc2cccs2)n1. The Balaban J connectivity index is 1.92. The predicted molar refractivity (Wildman–Crippen MR) is 79.6 cm³/mol. The number of thiophene rings is 1. The van der Waals surface area contributed by atoms with Crippen LogP contribution in [0.2, 0.25) is 0 Å². The van der Waals surface area contributed by atoms with Gasteiger partial charge in [0.05, 0.1) is 17.8 Å². The molecule has 0 aromatic carbocycles. The number of hydrogen-bond donors (Lipinski definition) is 1. The van der Waals surface area contributed by atoms with Crippen LogP contribution < -0.4 is 0 Å². The molecule has 0 amide bonds. The van der Waals surface area contributed by atoms with Crippen LogP contribution in [0.15, 0.2) is 29.8 Å². The minimum absolute atomic E-state index is 0.344. The molecule has 0 bridgehead atoms. The van der Waals surface area contributed by atoms with E-state index in [4.69, 9.17) is 0 Å². The van der Waals surface area contributed by atoms with Gasteiger partial charge in [0, 0.05) is 23.9 Å². The van der Waals surface area contributed by atoms with Gasteiger partial charge >= 0.3 is 0 Å². The van der Waals surface area contributed by atoms with Crippen molar-refractivity contribution in [3.8, 4) is 0 Å². The normalized spacial score (nSPS) is 13.1. The average molecular weight is 278 g/mol. The lowest BCUT2D eigenvalue weighted by Gasteiger charge is -2.12. The van der Waals surface area contributed by atoms with Crippen molar-refractivity contribution in [3.63, 3.8) is 0 Å². The zero-order valence-electron chi connectivity index (χ0n) is 11.6. The van der Waals surface area contributed by atoms with E-state index in [1.165, 1.54) is 4.88 Å². The Labute approximate surface area is 118 Å². The summed E-state index contributed by atoms with van der Waals surface area (Å²) in [6, 6.07) is 6.59. The lowest BCUT2D eigenvalue weighted by Crippen LogP contribution is -2.14. The molecule has 0 fully saturated rings. The van der Waals surface area contributed by atoms with Crippen molar-refractivity contribution in [2.24, 2.45) is 0 Å². The summed E-state index contributed by atoms with van der Waals surface area (Å²) in [4.78, 5) is 1.23. The van der Waals surface area contributed by atoms with Crippen molar-refractivity contribution in [2.75, 3.05) is 0 Å². The van der Waals surface area contributed by atoms with Crippen molar-refractivity contribution in [1.82, 2.24) is 9.78 Å². The van der Waals surface area contributed by atoms with E-state index < -0.39 is 0 Å². The van der Waals surface area contributed by atoms with Crippen molar-refractivity contribution < 1.29 is 5.11 Å². The first kappa shape index (κ1) is 14.3. The molecule has 0 radical (unpaired) electrons. The molecule has 0 aliphatic rings. The van der Waals surface area contributed by atoms with E-state index in [-0.39, 0.29) is 6.10 Å². The average Bonchev–Trinajstić information content (AvgIpc) is 3.03. The Bertz CT molecular complexity index is 474. The molecule has 0 aliphatic carbocycles. The van der Waals surface area contributed by atoms with Gasteiger partial charge in [0.15, 0.2) is 0 Å². The zero-order valence-corrected chi connectivity index (χ0v) is 12.4. The summed E-state index contributed by atoms with van der Waals surface area (Å²) in [5, 5.41) is 16.7. The maximum Gasteiger partial charge on any atom is 0.0650 e. The Morgan fingerprint density at radius 2 is 2.05 bits per heavy atom. The topological polar surface area (TPSA) is 38.0 Å². The number of aliphatic hydroxyl groups excluding tert-OH is 1. The van der Waals surface area contributed by atoms with E-state index in [1.54, 1.807) is 11.3 Å². The number of rotatable bonds is 7. The minimum Gasteiger partial charge on any atom is -0.392 e. The van der Waals surface area contributed by atoms with Gasteiger partial charge in [-0.25, -0.2) is 0 Å². The van der Waals surface area contributed by atoms with Gasteiger partial charge in [-0.05, 0) is 30.4 Å². The van der Waals surface area contributed by atoms with Crippen LogP contribution in [-0.2, 0) is 12.8 Å². The third kappa shape index (κ3) is 3.91. The van der Waals surface area contributed by atoms with Crippen LogP contribution in [0.25, 0.3) is 0 Å². The lowest BCUT2D eigenvalue weighted by atomic mass is 10.1. The predicted octanol–water partition coefficient (Wildman–Crippen LogP) is 3.45. The van der Waals surface area contributed by atoms with E-state index in [1.807, 2.05) is 28.4 Å². The molecule has 0 aliphatic heterocycles. The Hall–Kier alpha value is -1.13. The minimum atomic E-state index is -0.344. The van der Waals surface area contributed by atoms with Crippen molar-refractivity contribution in [3.05, 3.63) is 40.3 Å². The van der Waals surface area contributed by atoms with Crippen LogP contribution in [0.4, 0.5) is 0 Å². The van der Waals surface area contributed by atoms with Gasteiger partial charge in [-0.2, -0.15) is 5.10 Å². The van der Waals surface area contributed by atoms with Crippen LogP contribution >= 0.6 is 11.3 Å². The molecular formula is C15H22N2OS. The van der Waals surface area contributed by atoms with Gasteiger partial charge in [-0.15, -0.1) is 11.3 Å². The van der Waals surface area contributed by atoms with E-state index >= 15 is 0 Å². The van der Waals surface area contributed by atoms with Crippen LogP contribution in [0.1, 0.15) is 43.3 Å². The van der Waals surface area contributed by atoms with Gasteiger partial charge < -0.3 is 5.11 Å². The van der Waals surface area contributed by atoms with Gasteiger partial charge in [0.2, 0.25) is 0 Å². The number of nitrogens with zero attached hydrogens (tertiary/aromatic N) is 2. The van der Waals surface area contributed by atoms with E-state index in [9.17, 15) is 5.11 Å². The fourth-order valence-corrected chi connectivity index (χ4v) is 3.10. The van der Waals surface area contributed by atoms with Crippen LogP contribution in [-0.4, -0.2) is 21.0 Å². The number of aliphatic hydroxyl groups is 1. The molecule has 1 N–H and O–H groups in total. The highest BCUT2D eigenvalue weighted by Crippen LogP contribution is 2.16. The first-order chi connectivity index (χ1) is 9.22. The highest BCUT2D eigenvalue weighted by atomic mass is 32.1. The van der Waals surface area contributed by atoms with Crippen molar-refractivity contribution in [2.45, 2.75) is 51.7 Å². The third-order valence-electron chi connectivity index (χ3n) is 3.44. The second-order valence-corrected chi connectivity index (χ2v) is 5.93. The van der Waals surface area contributed by atoms with E-state index in [0.29, 0.717) is 12.5 Å². The largest absolute Gasteiger partial charge is 0.392 e. The molecule has 19 heavy (non-hydrogen) atoms. The van der Waals surface area contributed by atoms with Gasteiger partial charge in [0.25, 0.3) is 0 Å². The van der Waals surface area contributed by atoms with E-state index in [0.717, 1.165) is 25.0 Å². The van der Waals surface area contributed by atoms with Crippen LogP contribution in [0, 0.1) is 0 Å². The second kappa shape index (κ2) is 6.87. The summed E-state index contributed by atoms with van der Waals surface area (Å²) in [6.45, 7) is 4.36. The molecule has 2 heterocycles. The molecular weight excluding hydrogens is 256 g/mol. The van der Waals surface area contributed by atoms with Crippen molar-refractivity contribution in [1.29, 1.82) is 0 Å². The van der Waals surface area contributed by atoms with Gasteiger partial charge in [0.1, 0.15) is 0 Å². The molecule has 1 atom stereocenters. The van der Waals surface area contributed by atoms with E-state index in [2.05, 4.69) is 25.0 Å². The van der Waals surface area contributed by atoms with Gasteiger partial charge in [-0.1, -0.05) is 19.9 Å². The summed E-state index contributed by atoms with van der Waals surface area (Å²) >= 11 is 1.69. The summed E-state index contributed by atoms with van der Waals surface area (Å²) in [6.07, 6.45) is 5.22. The standard InChI is InChI=1S/C15H22N2OS/c1-3-13(4-2)17-8-7-12(16-17)10-14(18)11-15-6-5-9-19-15/h5-9,13-14,18H,3-4,10-11H2,1-2H3. The molecule has 2 rings (SSSR count). The second-order valence-electron chi connectivity index (χ2n) is 4.90. The summed E-state index contributed by atoms with van der Waals surface area (Å²) in [7, 11) is 0. The quantitative estimate of drug-likeness (QED) is 0.842. The zero-order chi connectivity index (χ0) is 13.7. The molecule has 104 valence electrons. The number of aromatic nitrogens is 2. The maximum atomic E-state index is 10.1. The number of hydrogen-bond acceptors (Lipinski definition) is 3. The lowest BCUT2D eigenvalue weighted by molar-refractivity contribution is 0.174. The van der Waals surface area contributed by atoms with Crippen LogP contribution in [0.3, 0.4) is 0 Å². The Morgan fingerprint density at radius 1 is 1.26 bits per heavy atom. The summed E-state index contributed by atoms with van der Waals surface area (Å²) < 4.78 is 2.03. The first-order valence-corrected chi connectivity index (χ1v) is 7.85. The molecule has 0 saturated carbocycles. The maximum absolute atomic E-state index is 10.1. The van der Waals surface area contributed by atoms with Crippen LogP contribution in [0.5, 0.6) is 0 Å². The molecule has 2 aromatic heterocycles. The fourth-order valence-electron chi connectivity index (χ4n) is 2.33. The molecule has 3 nitrogen and oxygen atoms in total. The molecule has 2 aromatic rings. The molecule has 4 heteroatoms. The van der Waals surface area contributed by atoms with Crippen molar-refractivity contribution >= 4 is 11.3 Å². The molecule has 0 spiro atoms. The highest BCUT2D eigenvalue weighted by molar-refractivity contribution is 7.09. The Morgan fingerprint density at radius 3 is 2.68 bits per heavy atom. The summed E-state index contributed by atoms with van der Waals surface area (Å²) in [5.41, 5.74) is 0.982. The highest BCUT2D eigenvalue weighted by Gasteiger charge is 2.12. The monoisotopic (exact) mass is 278 g/mol. The molecule has 0 saturated heterocycles. The fraction of sp³-hybridized carbons (Fsp3) is 0.533. The smallest absolute Gasteiger partial charge is 0.0650 e. The van der Waals surface area contributed by atoms with Gasteiger partial charge in [-0.3, -0.25) is 4.68 Å². The Kier molecular flexibility index (Phi) is 5.16. The summed E-state index contributed by atoms with van der Waals surface area (Å²) in [5.74, 6) is 0. The molecule has 1 unspecified atom stereocenters. The third-order valence-corrected chi connectivity index (χ3v) is 4.34.